The second-order valence-corrected chi connectivity index (χ2v) is 6.74. The van der Waals surface area contributed by atoms with Crippen molar-refractivity contribution in [3.63, 3.8) is 0 Å². The summed E-state index contributed by atoms with van der Waals surface area (Å²) in [7, 11) is 0. The van der Waals surface area contributed by atoms with Crippen molar-refractivity contribution in [2.24, 2.45) is 0 Å². The number of carboxylic acid groups (broad SMARTS) is 1. The summed E-state index contributed by atoms with van der Waals surface area (Å²) >= 11 is 3.47. The second-order valence-electron chi connectivity index (χ2n) is 5.82. The summed E-state index contributed by atoms with van der Waals surface area (Å²) < 4.78 is 6.61. The molecule has 2 aromatic carbocycles. The van der Waals surface area contributed by atoms with E-state index in [0.29, 0.717) is 13.0 Å². The number of carbonyl (C=O) groups is 1. The molecule has 0 radical (unpaired) electrons. The molecule has 1 N–H and O–H groups in total. The van der Waals surface area contributed by atoms with Gasteiger partial charge in [0.1, 0.15) is 5.75 Å². The molecule has 1 heterocycles. The van der Waals surface area contributed by atoms with Crippen LogP contribution in [0, 0.1) is 0 Å². The van der Waals surface area contributed by atoms with Crippen molar-refractivity contribution in [3.05, 3.63) is 70.3 Å². The summed E-state index contributed by atoms with van der Waals surface area (Å²) in [5.74, 6) is -0.0758. The molecule has 134 valence electrons. The fourth-order valence-corrected chi connectivity index (χ4v) is 2.85. The summed E-state index contributed by atoms with van der Waals surface area (Å²) in [6.07, 6.45) is 4.55. The van der Waals surface area contributed by atoms with Crippen molar-refractivity contribution >= 4 is 45.0 Å². The third-order valence-electron chi connectivity index (χ3n) is 3.78. The first-order valence-electron chi connectivity index (χ1n) is 8.29. The Balaban J connectivity index is 0.00000196. The molecule has 4 nitrogen and oxygen atoms in total. The molecule has 6 heteroatoms. The van der Waals surface area contributed by atoms with E-state index < -0.39 is 5.97 Å². The van der Waals surface area contributed by atoms with Gasteiger partial charge in [0.05, 0.1) is 17.8 Å². The van der Waals surface area contributed by atoms with Crippen molar-refractivity contribution < 1.29 is 45.6 Å². The van der Waals surface area contributed by atoms with E-state index in [-0.39, 0.29) is 37.4 Å². The van der Waals surface area contributed by atoms with E-state index in [1.165, 1.54) is 0 Å². The number of benzene rings is 2. The van der Waals surface area contributed by atoms with Crippen LogP contribution in [0.5, 0.6) is 5.75 Å². The minimum atomic E-state index is -0.805. The number of hydrogen-bond donors (Lipinski definition) is 1. The van der Waals surface area contributed by atoms with Gasteiger partial charge >= 0.3 is 35.5 Å². The topological polar surface area (TPSA) is 59.4 Å². The van der Waals surface area contributed by atoms with E-state index in [4.69, 9.17) is 9.84 Å². The zero-order valence-corrected chi connectivity index (χ0v) is 18.6. The first kappa shape index (κ1) is 21.6. The summed E-state index contributed by atoms with van der Waals surface area (Å²) in [6, 6.07) is 17.8. The molecule has 0 spiro atoms. The van der Waals surface area contributed by atoms with Gasteiger partial charge in [0.15, 0.2) is 0 Å². The molecule has 0 aliphatic carbocycles. The van der Waals surface area contributed by atoms with Gasteiger partial charge in [-0.15, -0.1) is 0 Å². The molecule has 0 bridgehead atoms. The fourth-order valence-electron chi connectivity index (χ4n) is 2.50. The molecule has 0 saturated carbocycles. The van der Waals surface area contributed by atoms with Crippen LogP contribution in [0.2, 0.25) is 0 Å². The third-order valence-corrected chi connectivity index (χ3v) is 4.28. The third kappa shape index (κ3) is 6.78. The first-order valence-corrected chi connectivity index (χ1v) is 9.08. The van der Waals surface area contributed by atoms with Gasteiger partial charge in [-0.1, -0.05) is 46.3 Å². The smallest absolute Gasteiger partial charge is 1.00 e. The summed E-state index contributed by atoms with van der Waals surface area (Å²) in [5, 5.41) is 9.74. The average Bonchev–Trinajstić information content (AvgIpc) is 2.63. The van der Waals surface area contributed by atoms with Gasteiger partial charge in [-0.05, 0) is 48.4 Å². The molecular weight excluding hydrogens is 417 g/mol. The fraction of sp³-hybridized carbons (Fsp3) is 0.143. The second kappa shape index (κ2) is 10.6. The quantitative estimate of drug-likeness (QED) is 0.457. The van der Waals surface area contributed by atoms with Crippen LogP contribution >= 0.6 is 15.9 Å². The Morgan fingerprint density at radius 1 is 1.15 bits per heavy atom. The van der Waals surface area contributed by atoms with Gasteiger partial charge < -0.3 is 11.3 Å². The maximum atomic E-state index is 10.5. The van der Waals surface area contributed by atoms with E-state index >= 15 is 0 Å². The largest absolute Gasteiger partial charge is 1.00 e. The molecule has 1 aromatic heterocycles. The summed E-state index contributed by atoms with van der Waals surface area (Å²) in [4.78, 5) is 15.2. The van der Waals surface area contributed by atoms with Gasteiger partial charge in [0, 0.05) is 16.3 Å². The van der Waals surface area contributed by atoms with Crippen LogP contribution in [0.3, 0.4) is 0 Å². The van der Waals surface area contributed by atoms with Crippen LogP contribution in [0.1, 0.15) is 25.5 Å². The van der Waals surface area contributed by atoms with Crippen molar-refractivity contribution in [3.8, 4) is 5.75 Å². The van der Waals surface area contributed by atoms with E-state index in [2.05, 4.69) is 27.0 Å². The van der Waals surface area contributed by atoms with Crippen LogP contribution in [-0.4, -0.2) is 22.7 Å². The van der Waals surface area contributed by atoms with Crippen LogP contribution in [0.15, 0.2) is 59.1 Å². The molecule has 0 fully saturated rings. The van der Waals surface area contributed by atoms with Crippen LogP contribution in [0.25, 0.3) is 23.1 Å². The maximum absolute atomic E-state index is 10.5. The van der Waals surface area contributed by atoms with E-state index in [0.717, 1.165) is 32.4 Å². The van der Waals surface area contributed by atoms with E-state index in [1.807, 2.05) is 60.7 Å². The zero-order chi connectivity index (χ0) is 18.4. The van der Waals surface area contributed by atoms with E-state index in [1.54, 1.807) is 0 Å². The maximum Gasteiger partial charge on any atom is 1.00 e. The Kier molecular flexibility index (Phi) is 8.51. The molecule has 3 aromatic rings. The number of fused-ring (bicyclic) bond motifs is 1. The number of nitrogens with zero attached hydrogens (tertiary/aromatic N) is 1. The molecule has 0 unspecified atom stereocenters. The van der Waals surface area contributed by atoms with Crippen LogP contribution in [0.4, 0.5) is 0 Å². The standard InChI is InChI=1S/C21H18BrNO3.Na.H/c22-17-9-7-16-8-11-18(23-20(16)14-17)10-6-15-3-1-4-19(13-15)26-12-2-5-21(24)25;;/h1,3-4,6-11,13-14H,2,5,12H2,(H,24,25);;/q;+1;-1. The van der Waals surface area contributed by atoms with Crippen molar-refractivity contribution in [2.75, 3.05) is 6.61 Å². The molecule has 0 saturated heterocycles. The van der Waals surface area contributed by atoms with E-state index in [9.17, 15) is 4.79 Å². The summed E-state index contributed by atoms with van der Waals surface area (Å²) in [5.41, 5.74) is 2.82. The number of carboxylic acids is 1. The molecule has 0 amide bonds. The van der Waals surface area contributed by atoms with Crippen LogP contribution in [-0.2, 0) is 4.79 Å². The average molecular weight is 436 g/mol. The predicted octanol–water partition coefficient (Wildman–Crippen LogP) is 2.53. The molecule has 0 aliphatic rings. The molecule has 27 heavy (non-hydrogen) atoms. The SMILES string of the molecule is O=C(O)CCCOc1cccc(C=Cc2ccc3ccc(Br)cc3n2)c1.[H-].[Na+]. The van der Waals surface area contributed by atoms with Crippen molar-refractivity contribution in [1.82, 2.24) is 4.98 Å². The van der Waals surface area contributed by atoms with Crippen molar-refractivity contribution in [2.45, 2.75) is 12.8 Å². The number of aliphatic carboxylic acids is 1. The van der Waals surface area contributed by atoms with Crippen molar-refractivity contribution in [1.29, 1.82) is 0 Å². The number of halogens is 1. The molecule has 0 aliphatic heterocycles. The summed E-state index contributed by atoms with van der Waals surface area (Å²) in [6.45, 7) is 0.389. The first-order chi connectivity index (χ1) is 12.6. The number of ether oxygens (including phenoxy) is 1. The predicted molar refractivity (Wildman–Crippen MR) is 108 cm³/mol. The Morgan fingerprint density at radius 3 is 2.78 bits per heavy atom. The monoisotopic (exact) mass is 435 g/mol. The molecule has 0 atom stereocenters. The van der Waals surface area contributed by atoms with Gasteiger partial charge in [-0.2, -0.15) is 0 Å². The normalized spacial score (nSPS) is 10.7. The molecule has 3 rings (SSSR count). The molecular formula is C21H19BrNNaO3. The van der Waals surface area contributed by atoms with Crippen LogP contribution < -0.4 is 34.3 Å². The Bertz CT molecular complexity index is 965. The number of hydrogen-bond acceptors (Lipinski definition) is 3. The number of aromatic nitrogens is 1. The minimum Gasteiger partial charge on any atom is -1.00 e. The number of pyridine rings is 1. The Morgan fingerprint density at radius 2 is 1.96 bits per heavy atom. The van der Waals surface area contributed by atoms with Gasteiger partial charge in [0.25, 0.3) is 0 Å². The Hall–Kier alpha value is -1.66. The van der Waals surface area contributed by atoms with Gasteiger partial charge in [0.2, 0.25) is 0 Å². The number of rotatable bonds is 7. The Labute approximate surface area is 190 Å². The van der Waals surface area contributed by atoms with Gasteiger partial charge in [-0.25, -0.2) is 4.98 Å². The minimum absolute atomic E-state index is 0. The van der Waals surface area contributed by atoms with Gasteiger partial charge in [-0.3, -0.25) is 4.79 Å². The zero-order valence-electron chi connectivity index (χ0n) is 16.1.